The lowest BCUT2D eigenvalue weighted by molar-refractivity contribution is -0.366. The van der Waals surface area contributed by atoms with Crippen LogP contribution in [0.25, 0.3) is 0 Å². The number of aliphatic hydroxyl groups is 10. The maximum Gasteiger partial charge on any atom is 0.335 e. The van der Waals surface area contributed by atoms with Gasteiger partial charge in [-0.2, -0.15) is 0 Å². The van der Waals surface area contributed by atoms with Crippen molar-refractivity contribution in [2.75, 3.05) is 59.4 Å². The van der Waals surface area contributed by atoms with Gasteiger partial charge < -0.3 is 99.1 Å². The number of carbonyl (C=O) groups is 4. The molecule has 0 radical (unpaired) electrons. The van der Waals surface area contributed by atoms with Crippen molar-refractivity contribution in [2.24, 2.45) is 0 Å². The summed E-state index contributed by atoms with van der Waals surface area (Å²) in [7, 11) is 0. The first-order valence-electron chi connectivity index (χ1n) is 18.2. The molecule has 25 heteroatoms. The summed E-state index contributed by atoms with van der Waals surface area (Å²) >= 11 is 0. The monoisotopic (exact) mass is 832 g/mol. The van der Waals surface area contributed by atoms with Gasteiger partial charge in [-0.1, -0.05) is 0 Å². The Morgan fingerprint density at radius 1 is 0.614 bits per heavy atom. The number of carbonyl (C=O) groups excluding carboxylic acids is 4. The van der Waals surface area contributed by atoms with Crippen LogP contribution in [0.4, 0.5) is 0 Å². The number of hydroxylamine groups is 2. The summed E-state index contributed by atoms with van der Waals surface area (Å²) in [4.78, 5) is 51.8. The summed E-state index contributed by atoms with van der Waals surface area (Å²) in [5.41, 5.74) is 0. The lowest BCUT2D eigenvalue weighted by atomic mass is 9.96. The molecule has 328 valence electrons. The molecule has 3 amide bonds. The van der Waals surface area contributed by atoms with Gasteiger partial charge >= 0.3 is 5.97 Å². The van der Waals surface area contributed by atoms with Crippen LogP contribution in [0.15, 0.2) is 0 Å². The molecule has 0 spiro atoms. The fraction of sp³-hybridized carbons (Fsp3) is 0.875. The van der Waals surface area contributed by atoms with Crippen molar-refractivity contribution in [1.29, 1.82) is 0 Å². The smallest absolute Gasteiger partial charge is 0.335 e. The van der Waals surface area contributed by atoms with Gasteiger partial charge in [0.1, 0.15) is 73.2 Å². The number of hydrogen-bond donors (Lipinski definition) is 11. The zero-order valence-corrected chi connectivity index (χ0v) is 30.6. The number of rotatable bonds is 21. The summed E-state index contributed by atoms with van der Waals surface area (Å²) < 4.78 is 43.6. The molecule has 15 atom stereocenters. The highest BCUT2D eigenvalue weighted by molar-refractivity contribution is 6.01. The standard InChI is InChI=1S/C32H52N2O23/c35-11-14-21(41)24(44)26(46)30(53-14)52-13-16-23(43)29(56-32-27(47)25(45)22(42)15(12-36)54-32)28(48)31(55-16)51-8-5-33-17(37)3-6-49-9-10-50-7-4-20(40)57-34-18(38)1-2-19(34)39/h14-16,21-32,35-36,41-48H,1-13H2,(H,33,37)/t14-,15-,16-,21-,22-,23-,24+,25+,26+,27+,28+,29+,30?,31-,32-/m1/s1. The average molecular weight is 833 g/mol. The molecule has 57 heavy (non-hydrogen) atoms. The molecule has 0 aliphatic carbocycles. The van der Waals surface area contributed by atoms with E-state index in [-0.39, 0.29) is 65.3 Å². The van der Waals surface area contributed by atoms with E-state index in [2.05, 4.69) is 5.32 Å². The minimum Gasteiger partial charge on any atom is -0.394 e. The van der Waals surface area contributed by atoms with Gasteiger partial charge in [-0.25, -0.2) is 4.79 Å². The van der Waals surface area contributed by atoms with E-state index in [9.17, 15) is 70.2 Å². The van der Waals surface area contributed by atoms with Crippen molar-refractivity contribution in [3.63, 3.8) is 0 Å². The van der Waals surface area contributed by atoms with E-state index in [0.29, 0.717) is 5.06 Å². The molecule has 25 nitrogen and oxygen atoms in total. The Bertz CT molecular complexity index is 1280. The summed E-state index contributed by atoms with van der Waals surface area (Å²) in [6, 6.07) is 0. The van der Waals surface area contributed by atoms with Gasteiger partial charge in [0.15, 0.2) is 18.9 Å². The van der Waals surface area contributed by atoms with Gasteiger partial charge in [0, 0.05) is 25.8 Å². The van der Waals surface area contributed by atoms with Crippen molar-refractivity contribution in [3.05, 3.63) is 0 Å². The van der Waals surface area contributed by atoms with E-state index in [1.165, 1.54) is 0 Å². The molecular formula is C32H52N2O23. The molecule has 4 aliphatic rings. The molecule has 4 heterocycles. The summed E-state index contributed by atoms with van der Waals surface area (Å²) in [5, 5.41) is 106. The molecule has 4 aliphatic heterocycles. The number of nitrogens with zero attached hydrogens (tertiary/aromatic N) is 1. The lowest BCUT2D eigenvalue weighted by Crippen LogP contribution is -2.65. The second-order valence-electron chi connectivity index (χ2n) is 13.3. The molecule has 4 rings (SSSR count). The van der Waals surface area contributed by atoms with E-state index >= 15 is 0 Å². The first-order valence-corrected chi connectivity index (χ1v) is 18.2. The van der Waals surface area contributed by atoms with Crippen LogP contribution in [0.1, 0.15) is 25.7 Å². The molecule has 11 N–H and O–H groups in total. The third kappa shape index (κ3) is 12.7. The molecule has 0 aromatic carbocycles. The average Bonchev–Trinajstić information content (AvgIpc) is 3.51. The lowest BCUT2D eigenvalue weighted by Gasteiger charge is -2.46. The Kier molecular flexibility index (Phi) is 18.7. The SMILES string of the molecule is O=C(CCOCCOCCC(=O)ON1C(=O)CCC1=O)NCCO[C@@H]1O[C@H](COC2O[C@H](CO)[C@@H](O)[C@H](O)[C@@H]2O)[C@@H](O)[C@H](O[C@H]2O[C@H](CO)[C@@H](O)[C@H](O)[C@@H]2O)[C@@H]1O. The fourth-order valence-electron chi connectivity index (χ4n) is 5.97. The van der Waals surface area contributed by atoms with Crippen molar-refractivity contribution < 1.29 is 113 Å². The van der Waals surface area contributed by atoms with E-state index < -0.39 is 136 Å². The van der Waals surface area contributed by atoms with Crippen LogP contribution in [-0.2, 0) is 61.9 Å². The number of hydrogen-bond acceptors (Lipinski definition) is 23. The molecule has 0 aromatic rings. The maximum absolute atomic E-state index is 12.3. The molecule has 1 unspecified atom stereocenters. The first-order chi connectivity index (χ1) is 27.2. The number of ether oxygens (including phenoxy) is 8. The third-order valence-corrected chi connectivity index (χ3v) is 9.26. The van der Waals surface area contributed by atoms with Gasteiger partial charge in [0.05, 0.1) is 59.3 Å². The largest absolute Gasteiger partial charge is 0.394 e. The predicted octanol–water partition coefficient (Wildman–Crippen LogP) is -8.01. The topological polar surface area (TPSA) is 369 Å². The van der Waals surface area contributed by atoms with Crippen LogP contribution in [-0.4, -0.2) is 231 Å². The quantitative estimate of drug-likeness (QED) is 0.0378. The zero-order valence-electron chi connectivity index (χ0n) is 30.6. The fourth-order valence-corrected chi connectivity index (χ4v) is 5.97. The molecule has 4 saturated heterocycles. The van der Waals surface area contributed by atoms with E-state index in [1.807, 2.05) is 0 Å². The van der Waals surface area contributed by atoms with Crippen LogP contribution < -0.4 is 5.32 Å². The predicted molar refractivity (Wildman–Crippen MR) is 176 cm³/mol. The molecule has 4 fully saturated rings. The van der Waals surface area contributed by atoms with Crippen molar-refractivity contribution in [1.82, 2.24) is 10.4 Å². The Morgan fingerprint density at radius 2 is 1.14 bits per heavy atom. The van der Waals surface area contributed by atoms with E-state index in [4.69, 9.17) is 42.7 Å². The van der Waals surface area contributed by atoms with Crippen LogP contribution in [0.3, 0.4) is 0 Å². The van der Waals surface area contributed by atoms with Crippen LogP contribution in [0.5, 0.6) is 0 Å². The van der Waals surface area contributed by atoms with Crippen LogP contribution in [0.2, 0.25) is 0 Å². The van der Waals surface area contributed by atoms with Crippen LogP contribution in [0, 0.1) is 0 Å². The Balaban J connectivity index is 1.21. The maximum atomic E-state index is 12.3. The molecule has 0 aromatic heterocycles. The Labute approximate surface area is 324 Å². The summed E-state index contributed by atoms with van der Waals surface area (Å²) in [6.07, 6.45) is -25.8. The van der Waals surface area contributed by atoms with Crippen molar-refractivity contribution in [3.8, 4) is 0 Å². The number of amides is 3. The summed E-state index contributed by atoms with van der Waals surface area (Å²) in [5.74, 6) is -2.46. The highest BCUT2D eigenvalue weighted by atomic mass is 16.8. The van der Waals surface area contributed by atoms with Crippen molar-refractivity contribution >= 4 is 23.7 Å². The van der Waals surface area contributed by atoms with Crippen LogP contribution >= 0.6 is 0 Å². The second-order valence-corrected chi connectivity index (χ2v) is 13.3. The Morgan fingerprint density at radius 3 is 1.74 bits per heavy atom. The molecule has 0 bridgehead atoms. The van der Waals surface area contributed by atoms with Gasteiger partial charge in [0.2, 0.25) is 5.91 Å². The highest BCUT2D eigenvalue weighted by Crippen LogP contribution is 2.31. The van der Waals surface area contributed by atoms with Crippen molar-refractivity contribution in [2.45, 2.75) is 118 Å². The zero-order chi connectivity index (χ0) is 41.8. The minimum atomic E-state index is -1.92. The van der Waals surface area contributed by atoms with Gasteiger partial charge in [0.25, 0.3) is 11.8 Å². The number of nitrogens with one attached hydrogen (secondary N) is 1. The van der Waals surface area contributed by atoms with Gasteiger partial charge in [-0.3, -0.25) is 14.4 Å². The molecular weight excluding hydrogens is 780 g/mol. The Hall–Kier alpha value is -2.64. The number of aliphatic hydroxyl groups excluding tert-OH is 10. The second kappa shape index (κ2) is 22.7. The minimum absolute atomic E-state index is 0.00723. The third-order valence-electron chi connectivity index (χ3n) is 9.26. The van der Waals surface area contributed by atoms with Gasteiger partial charge in [-0.15, -0.1) is 5.06 Å². The highest BCUT2D eigenvalue weighted by Gasteiger charge is 2.52. The van der Waals surface area contributed by atoms with Gasteiger partial charge in [-0.05, 0) is 0 Å². The number of imide groups is 1. The normalized spacial score (nSPS) is 37.4. The summed E-state index contributed by atoms with van der Waals surface area (Å²) in [6.45, 7) is -2.53. The molecule has 0 saturated carbocycles. The first kappa shape index (κ1) is 47.0. The van der Waals surface area contributed by atoms with E-state index in [1.54, 1.807) is 0 Å². The van der Waals surface area contributed by atoms with E-state index in [0.717, 1.165) is 0 Å².